The van der Waals surface area contributed by atoms with E-state index in [0.29, 0.717) is 30.4 Å². The lowest BCUT2D eigenvalue weighted by Gasteiger charge is -2.39. The van der Waals surface area contributed by atoms with Crippen LogP contribution in [0.3, 0.4) is 0 Å². The lowest BCUT2D eigenvalue weighted by Crippen LogP contribution is -2.42. The molecule has 1 aliphatic heterocycles. The summed E-state index contributed by atoms with van der Waals surface area (Å²) in [5.74, 6) is 2.00. The average molecular weight is 513 g/mol. The Morgan fingerprint density at radius 2 is 1.84 bits per heavy atom. The van der Waals surface area contributed by atoms with Gasteiger partial charge >= 0.3 is 0 Å². The molecule has 0 bridgehead atoms. The molecule has 0 fully saturated rings. The van der Waals surface area contributed by atoms with Gasteiger partial charge in [0.25, 0.3) is 5.91 Å². The highest BCUT2D eigenvalue weighted by Crippen LogP contribution is 2.38. The van der Waals surface area contributed by atoms with Gasteiger partial charge in [0, 0.05) is 19.5 Å². The molecule has 0 aliphatic carbocycles. The first-order valence-electron chi connectivity index (χ1n) is 12.9. The number of rotatable bonds is 8. The molecule has 3 heterocycles. The van der Waals surface area contributed by atoms with Crippen LogP contribution in [0.15, 0.2) is 87.9 Å². The average Bonchev–Trinajstić information content (AvgIpc) is 3.63. The normalized spacial score (nSPS) is 14.8. The number of fused-ring (bicyclic) bond motifs is 1. The first-order chi connectivity index (χ1) is 18.4. The third-order valence-corrected chi connectivity index (χ3v) is 6.81. The fraction of sp³-hybridized carbons (Fsp3) is 0.290. The number of furan rings is 2. The molecule has 4 aromatic rings. The largest absolute Gasteiger partial charge is 0.486 e. The second-order valence-corrected chi connectivity index (χ2v) is 9.91. The Labute approximate surface area is 222 Å². The molecule has 1 aliphatic rings. The second-order valence-electron chi connectivity index (χ2n) is 9.91. The van der Waals surface area contributed by atoms with Crippen molar-refractivity contribution in [3.8, 4) is 5.75 Å². The van der Waals surface area contributed by atoms with Crippen LogP contribution in [0.25, 0.3) is 0 Å². The molecule has 7 nitrogen and oxygen atoms in total. The minimum atomic E-state index is -0.234. The van der Waals surface area contributed by atoms with Gasteiger partial charge in [-0.1, -0.05) is 50.2 Å². The van der Waals surface area contributed by atoms with Gasteiger partial charge < -0.3 is 23.4 Å². The van der Waals surface area contributed by atoms with Crippen molar-refractivity contribution in [2.45, 2.75) is 39.5 Å². The number of ether oxygens (including phenoxy) is 1. The fourth-order valence-corrected chi connectivity index (χ4v) is 4.87. The molecule has 0 radical (unpaired) electrons. The molecule has 5 rings (SSSR count). The molecule has 0 N–H and O–H groups in total. The molecule has 7 heteroatoms. The molecule has 2 aromatic heterocycles. The van der Waals surface area contributed by atoms with E-state index in [2.05, 4.69) is 18.2 Å². The maximum atomic E-state index is 13.1. The van der Waals surface area contributed by atoms with Crippen LogP contribution < -0.4 is 4.74 Å². The van der Waals surface area contributed by atoms with E-state index in [1.165, 1.54) is 5.56 Å². The number of hydrogen-bond acceptors (Lipinski definition) is 5. The summed E-state index contributed by atoms with van der Waals surface area (Å²) < 4.78 is 17.2. The third-order valence-electron chi connectivity index (χ3n) is 6.81. The van der Waals surface area contributed by atoms with Crippen LogP contribution in [-0.2, 0) is 24.4 Å². The summed E-state index contributed by atoms with van der Waals surface area (Å²) in [6.45, 7) is 5.10. The Morgan fingerprint density at radius 3 is 2.58 bits per heavy atom. The Hall–Kier alpha value is -4.26. The predicted octanol–water partition coefficient (Wildman–Crippen LogP) is 5.85. The van der Waals surface area contributed by atoms with Gasteiger partial charge in [-0.05, 0) is 59.5 Å². The lowest BCUT2D eigenvalue weighted by molar-refractivity contribution is -0.136. The van der Waals surface area contributed by atoms with Crippen molar-refractivity contribution in [1.82, 2.24) is 9.80 Å². The van der Waals surface area contributed by atoms with Gasteiger partial charge in [0.15, 0.2) is 5.76 Å². The highest BCUT2D eigenvalue weighted by molar-refractivity contribution is 5.91. The minimum Gasteiger partial charge on any atom is -0.486 e. The topological polar surface area (TPSA) is 76.1 Å². The van der Waals surface area contributed by atoms with Gasteiger partial charge in [-0.25, -0.2) is 0 Å². The van der Waals surface area contributed by atoms with Crippen molar-refractivity contribution < 1.29 is 23.2 Å². The molecule has 2 amide bonds. The molecule has 0 saturated heterocycles. The Kier molecular flexibility index (Phi) is 7.36. The van der Waals surface area contributed by atoms with Gasteiger partial charge in [0.1, 0.15) is 23.9 Å². The van der Waals surface area contributed by atoms with E-state index in [4.69, 9.17) is 13.6 Å². The van der Waals surface area contributed by atoms with Gasteiger partial charge in [-0.3, -0.25) is 9.59 Å². The Morgan fingerprint density at radius 1 is 1.03 bits per heavy atom. The fourth-order valence-electron chi connectivity index (χ4n) is 4.87. The monoisotopic (exact) mass is 512 g/mol. The van der Waals surface area contributed by atoms with Gasteiger partial charge in [0.05, 0.1) is 18.8 Å². The standard InChI is InChI=1S/C31H32N2O5/c1-21(2)30(34)33-16-15-22-11-12-24(18-27(22)29(33)23-8-5-4-6-9-23)37-20-26-13-14-28(38-26)31(35)32(3)19-25-10-7-17-36-25/h4-14,17-18,21,29H,15-16,19-20H2,1-3H3. The second kappa shape index (κ2) is 11.0. The van der Waals surface area contributed by atoms with E-state index in [9.17, 15) is 9.59 Å². The minimum absolute atomic E-state index is 0.0869. The van der Waals surface area contributed by atoms with Crippen molar-refractivity contribution in [3.63, 3.8) is 0 Å². The summed E-state index contributed by atoms with van der Waals surface area (Å²) in [6.07, 6.45) is 2.38. The van der Waals surface area contributed by atoms with E-state index in [1.54, 1.807) is 36.4 Å². The SMILES string of the molecule is CC(C)C(=O)N1CCc2ccc(OCc3ccc(C(=O)N(C)Cc4ccco4)o3)cc2C1c1ccccc1. The molecule has 38 heavy (non-hydrogen) atoms. The zero-order valence-corrected chi connectivity index (χ0v) is 21.9. The highest BCUT2D eigenvalue weighted by atomic mass is 16.5. The summed E-state index contributed by atoms with van der Waals surface area (Å²) in [6, 6.07) is 23.0. The third kappa shape index (κ3) is 5.37. The van der Waals surface area contributed by atoms with E-state index >= 15 is 0 Å². The first-order valence-corrected chi connectivity index (χ1v) is 12.9. The first kappa shape index (κ1) is 25.4. The molecular weight excluding hydrogens is 480 g/mol. The maximum absolute atomic E-state index is 13.1. The molecular formula is C31H32N2O5. The number of carbonyl (C=O) groups is 2. The molecule has 196 valence electrons. The zero-order valence-electron chi connectivity index (χ0n) is 21.9. The van der Waals surface area contributed by atoms with E-state index in [-0.39, 0.29) is 36.1 Å². The van der Waals surface area contributed by atoms with Crippen molar-refractivity contribution in [1.29, 1.82) is 0 Å². The van der Waals surface area contributed by atoms with Crippen LogP contribution in [0.2, 0.25) is 0 Å². The van der Waals surface area contributed by atoms with Gasteiger partial charge in [0.2, 0.25) is 5.91 Å². The van der Waals surface area contributed by atoms with E-state index < -0.39 is 0 Å². The molecule has 1 unspecified atom stereocenters. The van der Waals surface area contributed by atoms with Crippen LogP contribution in [0, 0.1) is 5.92 Å². The van der Waals surface area contributed by atoms with Crippen molar-refractivity contribution >= 4 is 11.8 Å². The Balaban J connectivity index is 1.32. The molecule has 1 atom stereocenters. The van der Waals surface area contributed by atoms with Crippen molar-refractivity contribution in [2.75, 3.05) is 13.6 Å². The van der Waals surface area contributed by atoms with Crippen molar-refractivity contribution in [2.24, 2.45) is 5.92 Å². The van der Waals surface area contributed by atoms with Crippen LogP contribution in [0.5, 0.6) is 5.75 Å². The maximum Gasteiger partial charge on any atom is 0.289 e. The molecule has 2 aromatic carbocycles. The van der Waals surface area contributed by atoms with Crippen LogP contribution >= 0.6 is 0 Å². The Bertz CT molecular complexity index is 1390. The molecule has 0 saturated carbocycles. The number of benzene rings is 2. The van der Waals surface area contributed by atoms with Crippen LogP contribution in [0.4, 0.5) is 0 Å². The number of nitrogens with zero attached hydrogens (tertiary/aromatic N) is 2. The lowest BCUT2D eigenvalue weighted by atomic mass is 9.87. The summed E-state index contributed by atoms with van der Waals surface area (Å²) >= 11 is 0. The van der Waals surface area contributed by atoms with Crippen molar-refractivity contribution in [3.05, 3.63) is 113 Å². The van der Waals surface area contributed by atoms with E-state index in [0.717, 1.165) is 17.5 Å². The van der Waals surface area contributed by atoms with Gasteiger partial charge in [-0.2, -0.15) is 0 Å². The summed E-state index contributed by atoms with van der Waals surface area (Å²) in [4.78, 5) is 29.4. The summed E-state index contributed by atoms with van der Waals surface area (Å²) in [5, 5.41) is 0. The smallest absolute Gasteiger partial charge is 0.289 e. The van der Waals surface area contributed by atoms with Crippen LogP contribution in [0.1, 0.15) is 58.7 Å². The molecule has 0 spiro atoms. The number of carbonyl (C=O) groups excluding carboxylic acids is 2. The number of amides is 2. The van der Waals surface area contributed by atoms with Gasteiger partial charge in [-0.15, -0.1) is 0 Å². The highest BCUT2D eigenvalue weighted by Gasteiger charge is 2.33. The van der Waals surface area contributed by atoms with Crippen LogP contribution in [-0.4, -0.2) is 35.2 Å². The zero-order chi connectivity index (χ0) is 26.6. The summed E-state index contributed by atoms with van der Waals surface area (Å²) in [5.41, 5.74) is 3.36. The predicted molar refractivity (Wildman–Crippen MR) is 143 cm³/mol. The quantitative estimate of drug-likeness (QED) is 0.296. The number of hydrogen-bond donors (Lipinski definition) is 0. The van der Waals surface area contributed by atoms with E-state index in [1.807, 2.05) is 55.1 Å². The summed E-state index contributed by atoms with van der Waals surface area (Å²) in [7, 11) is 1.70.